The summed E-state index contributed by atoms with van der Waals surface area (Å²) < 4.78 is 32.7. The van der Waals surface area contributed by atoms with Crippen LogP contribution in [0.25, 0.3) is 10.1 Å². The molecule has 2 atom stereocenters. The third-order valence-electron chi connectivity index (χ3n) is 5.27. The summed E-state index contributed by atoms with van der Waals surface area (Å²) >= 11 is 1.39. The van der Waals surface area contributed by atoms with E-state index < -0.39 is 10.0 Å². The van der Waals surface area contributed by atoms with Gasteiger partial charge in [-0.05, 0) is 71.9 Å². The van der Waals surface area contributed by atoms with Gasteiger partial charge in [-0.3, -0.25) is 9.52 Å². The van der Waals surface area contributed by atoms with Crippen LogP contribution in [0.3, 0.4) is 0 Å². The molecule has 0 bridgehead atoms. The summed E-state index contributed by atoms with van der Waals surface area (Å²) in [7, 11) is -3.72. The summed E-state index contributed by atoms with van der Waals surface area (Å²) in [5.74, 6) is 0.211. The number of nitrogens with one attached hydrogen (secondary N) is 2. The summed E-state index contributed by atoms with van der Waals surface area (Å²) in [6.07, 6.45) is 4.07. The third kappa shape index (κ3) is 4.14. The Bertz CT molecular complexity index is 1350. The van der Waals surface area contributed by atoms with Gasteiger partial charge >= 0.3 is 0 Å². The molecule has 0 aliphatic heterocycles. The van der Waals surface area contributed by atoms with Crippen molar-refractivity contribution in [2.24, 2.45) is 5.92 Å². The Morgan fingerprint density at radius 1 is 1.06 bits per heavy atom. The first-order valence-electron chi connectivity index (χ1n) is 9.69. The molecule has 1 aliphatic carbocycles. The molecular formula is C22H18N4O3S2. The molecule has 156 valence electrons. The number of benzene rings is 2. The van der Waals surface area contributed by atoms with Crippen LogP contribution in [-0.4, -0.2) is 23.7 Å². The minimum absolute atomic E-state index is 0.0256. The lowest BCUT2D eigenvalue weighted by atomic mass is 10.1. The summed E-state index contributed by atoms with van der Waals surface area (Å²) in [6, 6.07) is 17.4. The molecule has 1 fully saturated rings. The Morgan fingerprint density at radius 2 is 1.90 bits per heavy atom. The average Bonchev–Trinajstić information content (AvgIpc) is 3.44. The number of aromatic nitrogens is 2. The molecule has 1 aliphatic rings. The van der Waals surface area contributed by atoms with Crippen LogP contribution in [0.5, 0.6) is 0 Å². The first kappa shape index (κ1) is 19.7. The predicted molar refractivity (Wildman–Crippen MR) is 121 cm³/mol. The summed E-state index contributed by atoms with van der Waals surface area (Å²) in [6.45, 7) is 0. The van der Waals surface area contributed by atoms with Crippen molar-refractivity contribution in [2.45, 2.75) is 17.2 Å². The van der Waals surface area contributed by atoms with E-state index in [1.165, 1.54) is 17.7 Å². The molecule has 1 amide bonds. The Balaban J connectivity index is 1.24. The number of nitrogens with zero attached hydrogens (tertiary/aromatic N) is 2. The number of hydrogen-bond acceptors (Lipinski definition) is 6. The van der Waals surface area contributed by atoms with E-state index in [0.717, 1.165) is 27.8 Å². The lowest BCUT2D eigenvalue weighted by molar-refractivity contribution is -0.117. The SMILES string of the molecule is O=C(Nc1ccc2cnsc2c1)[C@@H]1CC1c1ccc(S(=O)(=O)Nc2ccccn2)cc1. The van der Waals surface area contributed by atoms with Crippen molar-refractivity contribution >= 4 is 49.1 Å². The number of amides is 1. The van der Waals surface area contributed by atoms with Gasteiger partial charge in [0.25, 0.3) is 10.0 Å². The molecule has 9 heteroatoms. The van der Waals surface area contributed by atoms with Crippen molar-refractivity contribution in [3.05, 3.63) is 78.6 Å². The van der Waals surface area contributed by atoms with Gasteiger partial charge in [0, 0.05) is 29.4 Å². The van der Waals surface area contributed by atoms with Gasteiger partial charge in [0.05, 0.1) is 9.60 Å². The number of anilines is 2. The van der Waals surface area contributed by atoms with Crippen LogP contribution in [0.1, 0.15) is 17.9 Å². The molecule has 4 aromatic rings. The second-order valence-electron chi connectivity index (χ2n) is 7.41. The number of fused-ring (bicyclic) bond motifs is 1. The van der Waals surface area contributed by atoms with Crippen LogP contribution >= 0.6 is 11.5 Å². The third-order valence-corrected chi connectivity index (χ3v) is 7.41. The number of rotatable bonds is 6. The molecule has 1 saturated carbocycles. The molecule has 2 aromatic heterocycles. The van der Waals surface area contributed by atoms with Crippen LogP contribution in [0.4, 0.5) is 11.5 Å². The van der Waals surface area contributed by atoms with Crippen molar-refractivity contribution in [3.63, 3.8) is 0 Å². The van der Waals surface area contributed by atoms with Crippen LogP contribution < -0.4 is 10.0 Å². The zero-order valence-corrected chi connectivity index (χ0v) is 17.9. The molecule has 2 aromatic carbocycles. The molecular weight excluding hydrogens is 432 g/mol. The lowest BCUT2D eigenvalue weighted by Gasteiger charge is -2.08. The van der Waals surface area contributed by atoms with E-state index in [1.807, 2.05) is 18.2 Å². The van der Waals surface area contributed by atoms with Gasteiger partial charge in [-0.2, -0.15) is 4.37 Å². The number of hydrogen-bond donors (Lipinski definition) is 2. The fourth-order valence-corrected chi connectivity index (χ4v) is 5.23. The highest BCUT2D eigenvalue weighted by Crippen LogP contribution is 2.48. The van der Waals surface area contributed by atoms with Gasteiger partial charge in [0.1, 0.15) is 5.82 Å². The molecule has 0 saturated heterocycles. The largest absolute Gasteiger partial charge is 0.326 e. The van der Waals surface area contributed by atoms with E-state index in [9.17, 15) is 13.2 Å². The molecule has 31 heavy (non-hydrogen) atoms. The Kier molecular flexibility index (Phi) is 4.91. The van der Waals surface area contributed by atoms with E-state index in [2.05, 4.69) is 19.4 Å². The molecule has 2 heterocycles. The minimum Gasteiger partial charge on any atom is -0.326 e. The van der Waals surface area contributed by atoms with Gasteiger partial charge in [-0.25, -0.2) is 13.4 Å². The van der Waals surface area contributed by atoms with E-state index in [-0.39, 0.29) is 28.5 Å². The van der Waals surface area contributed by atoms with Crippen LogP contribution in [0.15, 0.2) is 78.0 Å². The monoisotopic (exact) mass is 450 g/mol. The fraction of sp³-hybridized carbons (Fsp3) is 0.136. The zero-order chi connectivity index (χ0) is 21.4. The smallest absolute Gasteiger partial charge is 0.263 e. The molecule has 7 nitrogen and oxygen atoms in total. The first-order valence-corrected chi connectivity index (χ1v) is 11.9. The van der Waals surface area contributed by atoms with Gasteiger partial charge in [0.2, 0.25) is 5.91 Å². The fourth-order valence-electron chi connectivity index (χ4n) is 3.54. The second-order valence-corrected chi connectivity index (χ2v) is 9.92. The van der Waals surface area contributed by atoms with Crippen LogP contribution in [-0.2, 0) is 14.8 Å². The van der Waals surface area contributed by atoms with Crippen molar-refractivity contribution in [3.8, 4) is 0 Å². The van der Waals surface area contributed by atoms with E-state index >= 15 is 0 Å². The Hall–Kier alpha value is -3.30. The highest BCUT2D eigenvalue weighted by atomic mass is 32.2. The highest BCUT2D eigenvalue weighted by molar-refractivity contribution is 7.92. The predicted octanol–water partition coefficient (Wildman–Crippen LogP) is 4.23. The van der Waals surface area contributed by atoms with E-state index in [1.54, 1.807) is 48.7 Å². The maximum Gasteiger partial charge on any atom is 0.263 e. The topological polar surface area (TPSA) is 101 Å². The summed E-state index contributed by atoms with van der Waals surface area (Å²) in [4.78, 5) is 16.8. The minimum atomic E-state index is -3.72. The maximum atomic E-state index is 12.6. The average molecular weight is 451 g/mol. The molecule has 2 N–H and O–H groups in total. The molecule has 0 spiro atoms. The van der Waals surface area contributed by atoms with E-state index in [4.69, 9.17) is 0 Å². The zero-order valence-electron chi connectivity index (χ0n) is 16.2. The second kappa shape index (κ2) is 7.75. The van der Waals surface area contributed by atoms with Crippen molar-refractivity contribution in [1.82, 2.24) is 9.36 Å². The Labute approximate surface area is 183 Å². The van der Waals surface area contributed by atoms with Crippen LogP contribution in [0.2, 0.25) is 0 Å². The number of carbonyl (C=O) groups is 1. The van der Waals surface area contributed by atoms with Gasteiger partial charge < -0.3 is 5.32 Å². The Morgan fingerprint density at radius 3 is 2.68 bits per heavy atom. The number of carbonyl (C=O) groups excluding carboxylic acids is 1. The van der Waals surface area contributed by atoms with Crippen molar-refractivity contribution < 1.29 is 13.2 Å². The van der Waals surface area contributed by atoms with E-state index in [0.29, 0.717) is 0 Å². The molecule has 0 radical (unpaired) electrons. The quantitative estimate of drug-likeness (QED) is 0.458. The van der Waals surface area contributed by atoms with Gasteiger partial charge in [-0.1, -0.05) is 18.2 Å². The maximum absolute atomic E-state index is 12.6. The van der Waals surface area contributed by atoms with Crippen LogP contribution in [0, 0.1) is 5.92 Å². The normalized spacial score (nSPS) is 17.9. The number of sulfonamides is 1. The standard InChI is InChI=1S/C22H18N4O3S2/c27-22(25-16-7-4-15-13-24-30-20(15)11-16)19-12-18(19)14-5-8-17(9-6-14)31(28,29)26-21-3-1-2-10-23-21/h1-11,13,18-19H,12H2,(H,23,26)(H,25,27)/t18?,19-/m1/s1. The van der Waals surface area contributed by atoms with Crippen molar-refractivity contribution in [2.75, 3.05) is 10.0 Å². The molecule has 5 rings (SSSR count). The summed E-state index contributed by atoms with van der Waals surface area (Å²) in [5.41, 5.74) is 1.71. The summed E-state index contributed by atoms with van der Waals surface area (Å²) in [5, 5.41) is 4.03. The first-order chi connectivity index (χ1) is 15.0. The van der Waals surface area contributed by atoms with Gasteiger partial charge in [-0.15, -0.1) is 0 Å². The van der Waals surface area contributed by atoms with Gasteiger partial charge in [0.15, 0.2) is 0 Å². The lowest BCUT2D eigenvalue weighted by Crippen LogP contribution is -2.15. The number of pyridine rings is 1. The highest BCUT2D eigenvalue weighted by Gasteiger charge is 2.44. The molecule has 1 unspecified atom stereocenters. The van der Waals surface area contributed by atoms with Crippen molar-refractivity contribution in [1.29, 1.82) is 0 Å².